The Morgan fingerprint density at radius 2 is 1.96 bits per heavy atom. The Labute approximate surface area is 163 Å². The van der Waals surface area contributed by atoms with Crippen molar-refractivity contribution in [2.75, 3.05) is 40.3 Å². The van der Waals surface area contributed by atoms with E-state index in [0.29, 0.717) is 0 Å². The van der Waals surface area contributed by atoms with Gasteiger partial charge in [-0.3, -0.25) is 9.89 Å². The Balaban J connectivity index is 0.00000288. The average Bonchev–Trinajstić information content (AvgIpc) is 2.57. The fourth-order valence-corrected chi connectivity index (χ4v) is 2.67. The molecule has 5 nitrogen and oxygen atoms in total. The van der Waals surface area contributed by atoms with E-state index < -0.39 is 0 Å². The number of benzene rings is 1. The Bertz CT molecular complexity index is 534. The summed E-state index contributed by atoms with van der Waals surface area (Å²) in [5.74, 6) is 0.826. The van der Waals surface area contributed by atoms with Crippen molar-refractivity contribution in [3.8, 4) is 0 Å². The minimum atomic E-state index is -0.200. The van der Waals surface area contributed by atoms with E-state index >= 15 is 0 Å². The lowest BCUT2D eigenvalue weighted by Crippen LogP contribution is -2.47. The highest BCUT2D eigenvalue weighted by atomic mass is 127. The molecular weight excluding hydrogens is 415 g/mol. The number of guanidine groups is 1. The molecule has 1 heterocycles. The molecule has 0 saturated carbocycles. The monoisotopic (exact) mass is 446 g/mol. The Hall–Kier alpha value is -0.860. The summed E-state index contributed by atoms with van der Waals surface area (Å²) in [7, 11) is 3.53. The molecule has 0 unspecified atom stereocenters. The molecule has 2 rings (SSSR count). The number of ether oxygens (including phenoxy) is 1. The zero-order valence-corrected chi connectivity index (χ0v) is 17.6. The van der Waals surface area contributed by atoms with Gasteiger partial charge in [-0.05, 0) is 31.4 Å². The number of halogens is 1. The summed E-state index contributed by atoms with van der Waals surface area (Å²) < 4.78 is 5.41. The van der Waals surface area contributed by atoms with Crippen molar-refractivity contribution in [2.45, 2.75) is 32.4 Å². The molecule has 2 N–H and O–H groups in total. The molecule has 1 aliphatic rings. The van der Waals surface area contributed by atoms with Crippen LogP contribution in [0.2, 0.25) is 0 Å². The predicted octanol–water partition coefficient (Wildman–Crippen LogP) is 2.25. The number of nitrogens with zero attached hydrogens (tertiary/aromatic N) is 2. The maximum absolute atomic E-state index is 5.41. The SMILES string of the molecule is CN=C(NCCN1CCc2ccccc2C1)NCC(C)(C)OC.I. The van der Waals surface area contributed by atoms with Gasteiger partial charge in [0.25, 0.3) is 0 Å². The summed E-state index contributed by atoms with van der Waals surface area (Å²) in [5, 5.41) is 6.69. The van der Waals surface area contributed by atoms with Crippen molar-refractivity contribution in [1.82, 2.24) is 15.5 Å². The fourth-order valence-electron chi connectivity index (χ4n) is 2.67. The number of hydrogen-bond donors (Lipinski definition) is 2. The van der Waals surface area contributed by atoms with Crippen LogP contribution in [0.1, 0.15) is 25.0 Å². The van der Waals surface area contributed by atoms with E-state index in [1.54, 1.807) is 14.2 Å². The molecule has 6 heteroatoms. The molecule has 136 valence electrons. The molecule has 1 aromatic carbocycles. The van der Waals surface area contributed by atoms with Gasteiger partial charge in [-0.15, -0.1) is 24.0 Å². The maximum Gasteiger partial charge on any atom is 0.191 e. The smallest absolute Gasteiger partial charge is 0.191 e. The van der Waals surface area contributed by atoms with E-state index in [9.17, 15) is 0 Å². The Morgan fingerprint density at radius 1 is 1.25 bits per heavy atom. The molecule has 0 amide bonds. The lowest BCUT2D eigenvalue weighted by Gasteiger charge is -2.29. The van der Waals surface area contributed by atoms with Gasteiger partial charge in [-0.2, -0.15) is 0 Å². The third-order valence-corrected chi connectivity index (χ3v) is 4.39. The van der Waals surface area contributed by atoms with Crippen LogP contribution >= 0.6 is 24.0 Å². The summed E-state index contributed by atoms with van der Waals surface area (Å²) in [5.41, 5.74) is 2.76. The fraction of sp³-hybridized carbons (Fsp3) is 0.611. The summed E-state index contributed by atoms with van der Waals surface area (Å²) in [6, 6.07) is 8.74. The van der Waals surface area contributed by atoms with Gasteiger partial charge in [0.1, 0.15) is 0 Å². The van der Waals surface area contributed by atoms with Gasteiger partial charge >= 0.3 is 0 Å². The zero-order valence-electron chi connectivity index (χ0n) is 15.3. The number of aliphatic imine (C=N–C) groups is 1. The van der Waals surface area contributed by atoms with Gasteiger partial charge in [0.2, 0.25) is 0 Å². The predicted molar refractivity (Wildman–Crippen MR) is 111 cm³/mol. The van der Waals surface area contributed by atoms with Crippen LogP contribution in [0, 0.1) is 0 Å². The molecule has 1 aromatic rings. The molecule has 0 saturated heterocycles. The van der Waals surface area contributed by atoms with Crippen LogP contribution in [-0.4, -0.2) is 56.8 Å². The second-order valence-electron chi connectivity index (χ2n) is 6.61. The second-order valence-corrected chi connectivity index (χ2v) is 6.61. The van der Waals surface area contributed by atoms with Crippen LogP contribution < -0.4 is 10.6 Å². The molecule has 24 heavy (non-hydrogen) atoms. The van der Waals surface area contributed by atoms with Crippen LogP contribution in [0.15, 0.2) is 29.3 Å². The molecule has 0 fully saturated rings. The van der Waals surface area contributed by atoms with Crippen molar-refractivity contribution < 1.29 is 4.74 Å². The van der Waals surface area contributed by atoms with Crippen LogP contribution in [0.3, 0.4) is 0 Å². The summed E-state index contributed by atoms with van der Waals surface area (Å²) in [4.78, 5) is 6.75. The van der Waals surface area contributed by atoms with Gasteiger partial charge in [0.05, 0.1) is 5.60 Å². The van der Waals surface area contributed by atoms with E-state index in [1.807, 2.05) is 0 Å². The maximum atomic E-state index is 5.41. The van der Waals surface area contributed by atoms with Crippen LogP contribution in [0.5, 0.6) is 0 Å². The van der Waals surface area contributed by atoms with Crippen LogP contribution in [-0.2, 0) is 17.7 Å². The molecule has 0 bridgehead atoms. The van der Waals surface area contributed by atoms with E-state index in [2.05, 4.69) is 58.6 Å². The van der Waals surface area contributed by atoms with Crippen LogP contribution in [0.25, 0.3) is 0 Å². The van der Waals surface area contributed by atoms with E-state index in [4.69, 9.17) is 4.74 Å². The molecule has 1 aliphatic heterocycles. The minimum Gasteiger partial charge on any atom is -0.377 e. The van der Waals surface area contributed by atoms with E-state index in [0.717, 1.165) is 45.1 Å². The van der Waals surface area contributed by atoms with Gasteiger partial charge in [0.15, 0.2) is 5.96 Å². The van der Waals surface area contributed by atoms with E-state index in [-0.39, 0.29) is 29.6 Å². The number of fused-ring (bicyclic) bond motifs is 1. The first-order valence-corrected chi connectivity index (χ1v) is 8.33. The van der Waals surface area contributed by atoms with Crippen molar-refractivity contribution in [1.29, 1.82) is 0 Å². The quantitative estimate of drug-likeness (QED) is 0.400. The Kier molecular flexibility index (Phi) is 9.01. The first kappa shape index (κ1) is 21.2. The molecule has 0 spiro atoms. The normalized spacial score (nSPS) is 15.4. The first-order chi connectivity index (χ1) is 11.0. The van der Waals surface area contributed by atoms with E-state index in [1.165, 1.54) is 11.1 Å². The molecule has 0 atom stereocenters. The summed E-state index contributed by atoms with van der Waals surface area (Å²) in [6.45, 7) is 8.90. The van der Waals surface area contributed by atoms with Gasteiger partial charge in [0, 0.05) is 46.9 Å². The third kappa shape index (κ3) is 6.57. The van der Waals surface area contributed by atoms with Crippen molar-refractivity contribution in [3.63, 3.8) is 0 Å². The lowest BCUT2D eigenvalue weighted by molar-refractivity contribution is 0.0268. The molecule has 0 radical (unpaired) electrons. The highest BCUT2D eigenvalue weighted by molar-refractivity contribution is 14.0. The third-order valence-electron chi connectivity index (χ3n) is 4.39. The number of hydrogen-bond acceptors (Lipinski definition) is 3. The highest BCUT2D eigenvalue weighted by Gasteiger charge is 2.17. The number of methoxy groups -OCH3 is 1. The van der Waals surface area contributed by atoms with Crippen molar-refractivity contribution in [3.05, 3.63) is 35.4 Å². The van der Waals surface area contributed by atoms with Crippen molar-refractivity contribution in [2.24, 2.45) is 4.99 Å². The zero-order chi connectivity index (χ0) is 16.7. The number of nitrogens with one attached hydrogen (secondary N) is 2. The minimum absolute atomic E-state index is 0. The second kappa shape index (κ2) is 10.2. The van der Waals surface area contributed by atoms with Crippen molar-refractivity contribution >= 4 is 29.9 Å². The van der Waals surface area contributed by atoms with Gasteiger partial charge < -0.3 is 15.4 Å². The highest BCUT2D eigenvalue weighted by Crippen LogP contribution is 2.17. The van der Waals surface area contributed by atoms with Gasteiger partial charge in [-0.25, -0.2) is 0 Å². The Morgan fingerprint density at radius 3 is 2.62 bits per heavy atom. The van der Waals surface area contributed by atoms with Gasteiger partial charge in [-0.1, -0.05) is 24.3 Å². The van der Waals surface area contributed by atoms with Crippen LogP contribution in [0.4, 0.5) is 0 Å². The lowest BCUT2D eigenvalue weighted by atomic mass is 10.00. The molecule has 0 aromatic heterocycles. The largest absolute Gasteiger partial charge is 0.377 e. The average molecular weight is 446 g/mol. The molecule has 0 aliphatic carbocycles. The molecular formula is C18H31IN4O. The summed E-state index contributed by atoms with van der Waals surface area (Å²) >= 11 is 0. The summed E-state index contributed by atoms with van der Waals surface area (Å²) in [6.07, 6.45) is 1.14. The standard InChI is InChI=1S/C18H30N4O.HI/c1-18(2,23-4)14-21-17(19-3)20-10-12-22-11-9-15-7-5-6-8-16(15)13-22;/h5-8H,9-14H2,1-4H3,(H2,19,20,21);1H. The topological polar surface area (TPSA) is 48.9 Å². The number of rotatable bonds is 6. The first-order valence-electron chi connectivity index (χ1n) is 8.33.